The van der Waals surface area contributed by atoms with E-state index in [1.807, 2.05) is 45.0 Å². The lowest BCUT2D eigenvalue weighted by molar-refractivity contribution is 0.0634. The first-order valence-electron chi connectivity index (χ1n) is 17.1. The predicted molar refractivity (Wildman–Crippen MR) is 203 cm³/mol. The van der Waals surface area contributed by atoms with Gasteiger partial charge >= 0.3 is 6.09 Å². The van der Waals surface area contributed by atoms with Crippen molar-refractivity contribution in [3.05, 3.63) is 48.0 Å². The second-order valence-electron chi connectivity index (χ2n) is 16.6. The van der Waals surface area contributed by atoms with Crippen LogP contribution in [-0.2, 0) is 22.0 Å². The smallest absolute Gasteiger partial charge is 0.412 e. The number of rotatable bonds is 11. The van der Waals surface area contributed by atoms with Crippen LogP contribution in [0.25, 0.3) is 11.0 Å². The molecule has 4 N–H and O–H groups in total. The molecule has 4 aromatic rings. The average molecular weight is 713 g/mol. The minimum absolute atomic E-state index is 0.168. The maximum absolute atomic E-state index is 12.2. The first-order valence-corrected chi connectivity index (χ1v) is 20.0. The molecule has 1 amide bonds. The zero-order valence-electron chi connectivity index (χ0n) is 32.6. The third kappa shape index (κ3) is 11.6. The van der Waals surface area contributed by atoms with Crippen molar-refractivity contribution in [2.24, 2.45) is 0 Å². The second-order valence-corrected chi connectivity index (χ2v) is 21.3. The normalized spacial score (nSPS) is 12.9. The number of nitrogen functional groups attached to an aromatic ring is 1. The van der Waals surface area contributed by atoms with Crippen molar-refractivity contribution in [2.45, 2.75) is 130 Å². The topological polar surface area (TPSA) is 147 Å². The van der Waals surface area contributed by atoms with Gasteiger partial charge in [-0.2, -0.15) is 10.2 Å². The Hall–Kier alpha value is -3.81. The Balaban J connectivity index is 0.000000316. The second kappa shape index (κ2) is 15.2. The van der Waals surface area contributed by atoms with E-state index in [1.165, 1.54) is 0 Å². The first-order chi connectivity index (χ1) is 22.8. The van der Waals surface area contributed by atoms with Gasteiger partial charge in [0.25, 0.3) is 0 Å². The van der Waals surface area contributed by atoms with Crippen molar-refractivity contribution >= 4 is 36.8 Å². The Morgan fingerprint density at radius 3 is 1.80 bits per heavy atom. The Morgan fingerprint density at radius 1 is 0.820 bits per heavy atom. The van der Waals surface area contributed by atoms with Crippen LogP contribution >= 0.6 is 0 Å². The number of anilines is 2. The molecule has 0 radical (unpaired) electrons. The minimum atomic E-state index is -1.86. The van der Waals surface area contributed by atoms with Crippen LogP contribution in [0.1, 0.15) is 93.5 Å². The van der Waals surface area contributed by atoms with Crippen LogP contribution in [0, 0.1) is 0 Å². The van der Waals surface area contributed by atoms with Crippen LogP contribution in [0.4, 0.5) is 16.2 Å². The van der Waals surface area contributed by atoms with E-state index in [-0.39, 0.29) is 10.6 Å². The maximum Gasteiger partial charge on any atom is 0.412 e. The van der Waals surface area contributed by atoms with Crippen LogP contribution < -0.4 is 20.5 Å². The largest absolute Gasteiger partial charge is 0.493 e. The molecule has 0 aliphatic rings. The van der Waals surface area contributed by atoms with Crippen molar-refractivity contribution in [1.82, 2.24) is 19.2 Å². The molecule has 0 saturated heterocycles. The Kier molecular flexibility index (Phi) is 12.3. The summed E-state index contributed by atoms with van der Waals surface area (Å²) in [6.07, 6.45) is 6.06. The standard InChI is InChI=1S/C24H41N3O4Si.C13H19N3O2/c1-22(2,3)30-21(28)25-19-15-18-14-17(26-27(18)16-20(19)29-9)12-13-24(7,8)31-32(10,11)23(4,5)6;1-13(2,17)5-4-9-6-10-7-11(14)12(18-3)8-16(10)15-9/h14-16H,12-13H2,1-11H3,(H,25,28);6-8,17H,4-5,14H2,1-3H3. The molecular weight excluding hydrogens is 653 g/mol. The summed E-state index contributed by atoms with van der Waals surface area (Å²) < 4.78 is 26.1. The fourth-order valence-electron chi connectivity index (χ4n) is 5.01. The molecule has 12 nitrogen and oxygen atoms in total. The summed E-state index contributed by atoms with van der Waals surface area (Å²) >= 11 is 0. The highest BCUT2D eigenvalue weighted by atomic mass is 28.4. The van der Waals surface area contributed by atoms with E-state index >= 15 is 0 Å². The lowest BCUT2D eigenvalue weighted by atomic mass is 10.0. The van der Waals surface area contributed by atoms with Gasteiger partial charge in [-0.25, -0.2) is 13.8 Å². The van der Waals surface area contributed by atoms with E-state index < -0.39 is 25.6 Å². The average Bonchev–Trinajstić information content (AvgIpc) is 3.54. The fourth-order valence-corrected chi connectivity index (χ4v) is 6.80. The van der Waals surface area contributed by atoms with Crippen LogP contribution in [0.2, 0.25) is 18.1 Å². The van der Waals surface area contributed by atoms with E-state index in [2.05, 4.69) is 58.1 Å². The van der Waals surface area contributed by atoms with Crippen molar-refractivity contribution < 1.29 is 28.5 Å². The number of aromatic nitrogens is 4. The van der Waals surface area contributed by atoms with Gasteiger partial charge in [0.2, 0.25) is 0 Å². The van der Waals surface area contributed by atoms with Gasteiger partial charge in [-0.05, 0) is 117 Å². The molecule has 278 valence electrons. The van der Waals surface area contributed by atoms with Crippen molar-refractivity contribution in [2.75, 3.05) is 25.3 Å². The van der Waals surface area contributed by atoms with Gasteiger partial charge in [0, 0.05) is 0 Å². The summed E-state index contributed by atoms with van der Waals surface area (Å²) in [6, 6.07) is 7.68. The zero-order valence-corrected chi connectivity index (χ0v) is 33.6. The van der Waals surface area contributed by atoms with Crippen molar-refractivity contribution in [1.29, 1.82) is 0 Å². The summed E-state index contributed by atoms with van der Waals surface area (Å²) in [4.78, 5) is 12.2. The van der Waals surface area contributed by atoms with Crippen LogP contribution in [0.5, 0.6) is 11.5 Å². The van der Waals surface area contributed by atoms with Gasteiger partial charge in [-0.15, -0.1) is 0 Å². The number of fused-ring (bicyclic) bond motifs is 2. The van der Waals surface area contributed by atoms with E-state index in [0.717, 1.165) is 41.7 Å². The molecule has 0 aliphatic carbocycles. The number of amides is 1. The number of carbonyl (C=O) groups is 1. The number of carbonyl (C=O) groups excluding carboxylic acids is 1. The number of nitrogens with one attached hydrogen (secondary N) is 1. The molecule has 4 heterocycles. The highest BCUT2D eigenvalue weighted by molar-refractivity contribution is 6.74. The number of aliphatic hydroxyl groups is 1. The SMILES string of the molecule is COc1cn2nc(CCC(C)(C)O)cc2cc1N.COc1cn2nc(CCC(C)(C)O[Si](C)(C)C(C)(C)C)cc2cc1NC(=O)OC(C)(C)C. The first kappa shape index (κ1) is 40.6. The lowest BCUT2D eigenvalue weighted by Gasteiger charge is -2.42. The van der Waals surface area contributed by atoms with Gasteiger partial charge < -0.3 is 29.5 Å². The molecule has 0 saturated carbocycles. The number of ether oxygens (including phenoxy) is 3. The molecule has 0 fully saturated rings. The van der Waals surface area contributed by atoms with Crippen LogP contribution in [-0.4, -0.2) is 69.8 Å². The quantitative estimate of drug-likeness (QED) is 0.131. The molecule has 4 aromatic heterocycles. The lowest BCUT2D eigenvalue weighted by Crippen LogP contribution is -2.47. The molecule has 4 rings (SSSR count). The summed E-state index contributed by atoms with van der Waals surface area (Å²) in [5.41, 5.74) is 9.20. The predicted octanol–water partition coefficient (Wildman–Crippen LogP) is 8.05. The Labute approximate surface area is 298 Å². The highest BCUT2D eigenvalue weighted by Gasteiger charge is 2.41. The number of methoxy groups -OCH3 is 2. The van der Waals surface area contributed by atoms with E-state index in [1.54, 1.807) is 49.5 Å². The number of nitrogens with zero attached hydrogens (tertiary/aromatic N) is 4. The summed E-state index contributed by atoms with van der Waals surface area (Å²) in [7, 11) is 1.28. The molecule has 0 bridgehead atoms. The highest BCUT2D eigenvalue weighted by Crippen LogP contribution is 2.40. The van der Waals surface area contributed by atoms with Crippen LogP contribution in [0.15, 0.2) is 36.7 Å². The Morgan fingerprint density at radius 2 is 1.32 bits per heavy atom. The van der Waals surface area contributed by atoms with Gasteiger partial charge in [0.15, 0.2) is 19.8 Å². The molecular formula is C37H60N6O6Si. The van der Waals surface area contributed by atoms with E-state index in [9.17, 15) is 9.90 Å². The summed E-state index contributed by atoms with van der Waals surface area (Å²) in [5, 5.41) is 21.8. The molecule has 0 atom stereocenters. The molecule has 13 heteroatoms. The Bertz CT molecular complexity index is 1760. The fraction of sp³-hybridized carbons (Fsp3) is 0.595. The van der Waals surface area contributed by atoms with E-state index in [0.29, 0.717) is 29.3 Å². The monoisotopic (exact) mass is 712 g/mol. The zero-order chi connectivity index (χ0) is 37.9. The number of hydrogen-bond acceptors (Lipinski definition) is 9. The van der Waals surface area contributed by atoms with Crippen molar-refractivity contribution in [3.8, 4) is 11.5 Å². The minimum Gasteiger partial charge on any atom is -0.493 e. The molecule has 0 spiro atoms. The number of aryl methyl sites for hydroxylation is 2. The number of pyridine rings is 2. The molecule has 50 heavy (non-hydrogen) atoms. The molecule has 0 aliphatic heterocycles. The van der Waals surface area contributed by atoms with Gasteiger partial charge in [-0.1, -0.05) is 20.8 Å². The molecule has 0 unspecified atom stereocenters. The number of hydrogen-bond donors (Lipinski definition) is 3. The summed E-state index contributed by atoms with van der Waals surface area (Å²) in [5.74, 6) is 1.12. The van der Waals surface area contributed by atoms with Gasteiger partial charge in [-0.3, -0.25) is 5.32 Å². The van der Waals surface area contributed by atoms with E-state index in [4.69, 9.17) is 29.5 Å². The third-order valence-corrected chi connectivity index (χ3v) is 13.3. The van der Waals surface area contributed by atoms with Crippen LogP contribution in [0.3, 0.4) is 0 Å². The number of nitrogens with two attached hydrogens (primary N) is 1. The van der Waals surface area contributed by atoms with Crippen molar-refractivity contribution in [3.63, 3.8) is 0 Å². The maximum atomic E-state index is 12.2. The van der Waals surface area contributed by atoms with Gasteiger partial charge in [0.1, 0.15) is 5.60 Å². The van der Waals surface area contributed by atoms with Gasteiger partial charge in [0.05, 0.1) is 71.6 Å². The third-order valence-electron chi connectivity index (χ3n) is 8.64. The summed E-state index contributed by atoms with van der Waals surface area (Å²) in [6.45, 7) is 24.7. The molecule has 0 aromatic carbocycles.